The summed E-state index contributed by atoms with van der Waals surface area (Å²) < 4.78 is 1.83. The lowest BCUT2D eigenvalue weighted by molar-refractivity contribution is 0.889. The number of thiazole rings is 1. The summed E-state index contributed by atoms with van der Waals surface area (Å²) in [5.41, 5.74) is 2.91. The predicted octanol–water partition coefficient (Wildman–Crippen LogP) is 4.99. The van der Waals surface area contributed by atoms with Crippen molar-refractivity contribution in [1.82, 2.24) is 9.55 Å². The molecular weight excluding hydrogens is 328 g/mol. The first-order chi connectivity index (χ1) is 12.2. The number of hydrogen-bond acceptors (Lipinski definition) is 3. The molecule has 0 aliphatic rings. The van der Waals surface area contributed by atoms with Crippen molar-refractivity contribution in [2.24, 2.45) is 0 Å². The Hall–Kier alpha value is -2.72. The summed E-state index contributed by atoms with van der Waals surface area (Å²) in [4.78, 5) is 18.8. The van der Waals surface area contributed by atoms with Gasteiger partial charge in [-0.05, 0) is 36.9 Å². The van der Waals surface area contributed by atoms with Gasteiger partial charge >= 0.3 is 0 Å². The molecule has 0 amide bonds. The number of pyridine rings is 1. The molecule has 2 heterocycles. The van der Waals surface area contributed by atoms with Gasteiger partial charge < -0.3 is 0 Å². The van der Waals surface area contributed by atoms with E-state index >= 15 is 0 Å². The maximum atomic E-state index is 13.5. The Morgan fingerprint density at radius 3 is 2.56 bits per heavy atom. The quantitative estimate of drug-likeness (QED) is 0.524. The average Bonchev–Trinajstić information content (AvgIpc) is 3.08. The van der Waals surface area contributed by atoms with Crippen molar-refractivity contribution in [3.05, 3.63) is 81.8 Å². The molecule has 0 fully saturated rings. The minimum Gasteiger partial charge on any atom is -0.281 e. The van der Waals surface area contributed by atoms with Gasteiger partial charge in [0.05, 0.1) is 15.3 Å². The van der Waals surface area contributed by atoms with Gasteiger partial charge in [0, 0.05) is 23.1 Å². The van der Waals surface area contributed by atoms with Crippen LogP contribution < -0.4 is 5.56 Å². The van der Waals surface area contributed by atoms with Crippen LogP contribution in [0.25, 0.3) is 26.9 Å². The SMILES string of the molecule is CCc1cc2cccc(-c3cnc(C)s3)c2c(=O)n1-c1ccccc1. The molecule has 2 aromatic carbocycles. The summed E-state index contributed by atoms with van der Waals surface area (Å²) >= 11 is 1.62. The largest absolute Gasteiger partial charge is 0.281 e. The van der Waals surface area contributed by atoms with Gasteiger partial charge in [0.25, 0.3) is 5.56 Å². The van der Waals surface area contributed by atoms with E-state index in [0.717, 1.165) is 44.0 Å². The molecular formula is C21H18N2OS. The normalized spacial score (nSPS) is 11.1. The zero-order valence-electron chi connectivity index (χ0n) is 14.2. The van der Waals surface area contributed by atoms with Crippen LogP contribution in [0.2, 0.25) is 0 Å². The second kappa shape index (κ2) is 6.30. The number of aryl methyl sites for hydroxylation is 2. The Morgan fingerprint density at radius 2 is 1.88 bits per heavy atom. The zero-order valence-corrected chi connectivity index (χ0v) is 15.0. The minimum atomic E-state index is 0.0298. The topological polar surface area (TPSA) is 34.9 Å². The smallest absolute Gasteiger partial charge is 0.263 e. The highest BCUT2D eigenvalue weighted by molar-refractivity contribution is 7.15. The molecule has 0 saturated heterocycles. The fraction of sp³-hybridized carbons (Fsp3) is 0.143. The molecule has 0 spiro atoms. The minimum absolute atomic E-state index is 0.0298. The van der Waals surface area contributed by atoms with E-state index in [-0.39, 0.29) is 5.56 Å². The predicted molar refractivity (Wildman–Crippen MR) is 105 cm³/mol. The molecule has 2 aromatic heterocycles. The summed E-state index contributed by atoms with van der Waals surface area (Å²) in [5, 5.41) is 2.74. The molecule has 124 valence electrons. The van der Waals surface area contributed by atoms with Crippen molar-refractivity contribution in [1.29, 1.82) is 0 Å². The molecule has 0 unspecified atom stereocenters. The third kappa shape index (κ3) is 2.68. The summed E-state index contributed by atoms with van der Waals surface area (Å²) in [6.45, 7) is 4.06. The van der Waals surface area contributed by atoms with Crippen LogP contribution in [0.3, 0.4) is 0 Å². The Morgan fingerprint density at radius 1 is 1.08 bits per heavy atom. The van der Waals surface area contributed by atoms with E-state index in [9.17, 15) is 4.79 Å². The fourth-order valence-corrected chi connectivity index (χ4v) is 4.04. The van der Waals surface area contributed by atoms with Crippen LogP contribution in [0.5, 0.6) is 0 Å². The van der Waals surface area contributed by atoms with Crippen molar-refractivity contribution in [3.8, 4) is 16.1 Å². The Kier molecular flexibility index (Phi) is 3.98. The summed E-state index contributed by atoms with van der Waals surface area (Å²) in [7, 11) is 0. The second-order valence-electron chi connectivity index (χ2n) is 5.98. The number of rotatable bonds is 3. The molecule has 0 bridgehead atoms. The van der Waals surface area contributed by atoms with Gasteiger partial charge in [0.15, 0.2) is 0 Å². The Labute approximate surface area is 150 Å². The molecule has 0 aliphatic carbocycles. The van der Waals surface area contributed by atoms with E-state index in [0.29, 0.717) is 0 Å². The van der Waals surface area contributed by atoms with E-state index < -0.39 is 0 Å². The van der Waals surface area contributed by atoms with Crippen LogP contribution in [-0.2, 0) is 6.42 Å². The molecule has 0 saturated carbocycles. The monoisotopic (exact) mass is 346 g/mol. The first-order valence-corrected chi connectivity index (χ1v) is 9.16. The maximum absolute atomic E-state index is 13.5. The lowest BCUT2D eigenvalue weighted by Crippen LogP contribution is -2.22. The molecule has 3 nitrogen and oxygen atoms in total. The molecule has 4 aromatic rings. The van der Waals surface area contributed by atoms with Gasteiger partial charge in [0.1, 0.15) is 0 Å². The number of fused-ring (bicyclic) bond motifs is 1. The lowest BCUT2D eigenvalue weighted by Gasteiger charge is -2.15. The van der Waals surface area contributed by atoms with E-state index in [2.05, 4.69) is 18.0 Å². The lowest BCUT2D eigenvalue weighted by atomic mass is 10.0. The van der Waals surface area contributed by atoms with Gasteiger partial charge in [-0.15, -0.1) is 11.3 Å². The molecule has 0 aliphatic heterocycles. The Balaban J connectivity index is 2.10. The fourth-order valence-electron chi connectivity index (χ4n) is 3.23. The van der Waals surface area contributed by atoms with Gasteiger partial charge in [-0.2, -0.15) is 0 Å². The van der Waals surface area contributed by atoms with Crippen LogP contribution in [0.15, 0.2) is 65.6 Å². The Bertz CT molecular complexity index is 1110. The number of aromatic nitrogens is 2. The number of nitrogens with zero attached hydrogens (tertiary/aromatic N) is 2. The molecule has 4 rings (SSSR count). The van der Waals surface area contributed by atoms with Crippen LogP contribution in [0, 0.1) is 6.92 Å². The molecule has 0 N–H and O–H groups in total. The summed E-state index contributed by atoms with van der Waals surface area (Å²) in [5.74, 6) is 0. The van der Waals surface area contributed by atoms with E-state index in [1.165, 1.54) is 0 Å². The summed E-state index contributed by atoms with van der Waals surface area (Å²) in [6, 6.07) is 18.0. The van der Waals surface area contributed by atoms with Crippen molar-refractivity contribution < 1.29 is 0 Å². The highest BCUT2D eigenvalue weighted by atomic mass is 32.1. The van der Waals surface area contributed by atoms with E-state index in [4.69, 9.17) is 0 Å². The van der Waals surface area contributed by atoms with Gasteiger partial charge in [-0.3, -0.25) is 9.36 Å². The first kappa shape index (κ1) is 15.8. The van der Waals surface area contributed by atoms with Crippen LogP contribution in [0.4, 0.5) is 0 Å². The highest BCUT2D eigenvalue weighted by Gasteiger charge is 2.15. The standard InChI is InChI=1S/C21H18N2OS/c1-3-16-12-15-8-7-11-18(19-13-22-14(2)25-19)20(15)21(24)23(16)17-9-5-4-6-10-17/h4-13H,3H2,1-2H3. The number of hydrogen-bond donors (Lipinski definition) is 0. The van der Waals surface area contributed by atoms with Gasteiger partial charge in [0.2, 0.25) is 0 Å². The van der Waals surface area contributed by atoms with Crippen molar-refractivity contribution in [2.45, 2.75) is 20.3 Å². The van der Waals surface area contributed by atoms with Crippen LogP contribution >= 0.6 is 11.3 Å². The van der Waals surface area contributed by atoms with Gasteiger partial charge in [-0.25, -0.2) is 4.98 Å². The van der Waals surface area contributed by atoms with Crippen molar-refractivity contribution in [3.63, 3.8) is 0 Å². The average molecular weight is 346 g/mol. The van der Waals surface area contributed by atoms with E-state index in [1.54, 1.807) is 11.3 Å². The first-order valence-electron chi connectivity index (χ1n) is 8.35. The summed E-state index contributed by atoms with van der Waals surface area (Å²) in [6.07, 6.45) is 2.65. The maximum Gasteiger partial charge on any atom is 0.263 e. The van der Waals surface area contributed by atoms with Crippen LogP contribution in [0.1, 0.15) is 17.6 Å². The molecule has 0 radical (unpaired) electrons. The molecule has 4 heteroatoms. The van der Waals surface area contributed by atoms with Crippen LogP contribution in [-0.4, -0.2) is 9.55 Å². The van der Waals surface area contributed by atoms with Gasteiger partial charge in [-0.1, -0.05) is 43.3 Å². The zero-order chi connectivity index (χ0) is 17.4. The highest BCUT2D eigenvalue weighted by Crippen LogP contribution is 2.31. The molecule has 25 heavy (non-hydrogen) atoms. The third-order valence-corrected chi connectivity index (χ3v) is 5.33. The third-order valence-electron chi connectivity index (χ3n) is 4.39. The second-order valence-corrected chi connectivity index (χ2v) is 7.21. The molecule has 0 atom stereocenters. The van der Waals surface area contributed by atoms with E-state index in [1.807, 2.05) is 66.2 Å². The van der Waals surface area contributed by atoms with Crippen molar-refractivity contribution >= 4 is 22.1 Å². The number of benzene rings is 2. The van der Waals surface area contributed by atoms with Crippen molar-refractivity contribution in [2.75, 3.05) is 0 Å². The number of para-hydroxylation sites is 1.